The predicted molar refractivity (Wildman–Crippen MR) is 80.4 cm³/mol. The Morgan fingerprint density at radius 3 is 1.61 bits per heavy atom. The van der Waals surface area contributed by atoms with Crippen LogP contribution in [0, 0.1) is 47.3 Å². The van der Waals surface area contributed by atoms with Crippen molar-refractivity contribution in [3.05, 3.63) is 0 Å². The van der Waals surface area contributed by atoms with E-state index in [4.69, 9.17) is 0 Å². The monoisotopic (exact) mass is 250 g/mol. The average molecular weight is 250 g/mol. The Hall–Kier alpha value is 0. The molecule has 0 saturated heterocycles. The molecule has 0 heteroatoms. The minimum absolute atomic E-state index is 0.910. The van der Waals surface area contributed by atoms with Crippen molar-refractivity contribution in [3.63, 3.8) is 0 Å². The standard InChI is InChI=1S/C18H34/c1-7-8-17(16-9-10-16)18-14(5)12(3)11(2)13(4)15(18)6/h11-18H,7-10H2,1-6H3. The highest BCUT2D eigenvalue weighted by molar-refractivity contribution is 4.96. The fraction of sp³-hybridized carbons (Fsp3) is 1.00. The molecule has 0 aromatic rings. The molecule has 2 aliphatic carbocycles. The van der Waals surface area contributed by atoms with Crippen LogP contribution in [0.25, 0.3) is 0 Å². The Morgan fingerprint density at radius 2 is 1.22 bits per heavy atom. The molecular weight excluding hydrogens is 216 g/mol. The van der Waals surface area contributed by atoms with Crippen molar-refractivity contribution in [1.29, 1.82) is 0 Å². The predicted octanol–water partition coefficient (Wildman–Crippen LogP) is 5.62. The lowest BCUT2D eigenvalue weighted by molar-refractivity contribution is -0.0197. The summed E-state index contributed by atoms with van der Waals surface area (Å²) in [6, 6.07) is 0. The van der Waals surface area contributed by atoms with Gasteiger partial charge in [0.15, 0.2) is 0 Å². The van der Waals surface area contributed by atoms with E-state index in [0.29, 0.717) is 0 Å². The highest BCUT2D eigenvalue weighted by atomic mass is 14.5. The summed E-state index contributed by atoms with van der Waals surface area (Å²) in [6.45, 7) is 15.0. The van der Waals surface area contributed by atoms with Crippen molar-refractivity contribution in [2.75, 3.05) is 0 Å². The third kappa shape index (κ3) is 2.49. The largest absolute Gasteiger partial charge is 0.0654 e. The lowest BCUT2D eigenvalue weighted by Gasteiger charge is -2.50. The van der Waals surface area contributed by atoms with Crippen LogP contribution in [0.15, 0.2) is 0 Å². The molecule has 0 nitrogen and oxygen atoms in total. The van der Waals surface area contributed by atoms with E-state index in [-0.39, 0.29) is 0 Å². The van der Waals surface area contributed by atoms with Gasteiger partial charge in [-0.05, 0) is 60.2 Å². The third-order valence-electron chi connectivity index (χ3n) is 6.88. The molecule has 0 aliphatic heterocycles. The maximum atomic E-state index is 2.55. The smallest absolute Gasteiger partial charge is 0.0326 e. The minimum atomic E-state index is 0.910. The number of rotatable bonds is 4. The lowest BCUT2D eigenvalue weighted by atomic mass is 9.55. The van der Waals surface area contributed by atoms with Crippen LogP contribution in [0.2, 0.25) is 0 Å². The highest BCUT2D eigenvalue weighted by Crippen LogP contribution is 2.54. The molecule has 106 valence electrons. The molecule has 0 aromatic heterocycles. The fourth-order valence-corrected chi connectivity index (χ4v) is 5.00. The summed E-state index contributed by atoms with van der Waals surface area (Å²) in [5, 5.41) is 0. The molecule has 0 spiro atoms. The molecule has 0 radical (unpaired) electrons. The maximum Gasteiger partial charge on any atom is -0.0326 e. The quantitative estimate of drug-likeness (QED) is 0.607. The van der Waals surface area contributed by atoms with E-state index in [9.17, 15) is 0 Å². The molecule has 5 atom stereocenters. The first kappa shape index (κ1) is 14.4. The first-order valence-electron chi connectivity index (χ1n) is 8.49. The Balaban J connectivity index is 2.17. The number of hydrogen-bond acceptors (Lipinski definition) is 0. The Kier molecular flexibility index (Phi) is 4.44. The van der Waals surface area contributed by atoms with Crippen LogP contribution in [0.5, 0.6) is 0 Å². The van der Waals surface area contributed by atoms with Gasteiger partial charge in [0.2, 0.25) is 0 Å². The molecule has 0 bridgehead atoms. The van der Waals surface area contributed by atoms with E-state index in [1.165, 1.54) is 25.7 Å². The van der Waals surface area contributed by atoms with Gasteiger partial charge >= 0.3 is 0 Å². The first-order chi connectivity index (χ1) is 8.49. The van der Waals surface area contributed by atoms with Gasteiger partial charge < -0.3 is 0 Å². The lowest BCUT2D eigenvalue weighted by Crippen LogP contribution is -2.44. The van der Waals surface area contributed by atoms with Gasteiger partial charge in [-0.2, -0.15) is 0 Å². The van der Waals surface area contributed by atoms with E-state index in [2.05, 4.69) is 41.5 Å². The van der Waals surface area contributed by atoms with Gasteiger partial charge in [0, 0.05) is 0 Å². The van der Waals surface area contributed by atoms with Gasteiger partial charge in [0.25, 0.3) is 0 Å². The second-order valence-corrected chi connectivity index (χ2v) is 7.66. The first-order valence-corrected chi connectivity index (χ1v) is 8.49. The maximum absolute atomic E-state index is 2.55. The van der Waals surface area contributed by atoms with Gasteiger partial charge in [0.1, 0.15) is 0 Å². The molecule has 18 heavy (non-hydrogen) atoms. The van der Waals surface area contributed by atoms with Crippen LogP contribution in [-0.4, -0.2) is 0 Å². The highest BCUT2D eigenvalue weighted by Gasteiger charge is 2.47. The molecule has 2 aliphatic rings. The molecule has 2 rings (SSSR count). The van der Waals surface area contributed by atoms with Crippen LogP contribution in [-0.2, 0) is 0 Å². The molecular formula is C18H34. The molecule has 0 heterocycles. The zero-order valence-corrected chi connectivity index (χ0v) is 13.4. The van der Waals surface area contributed by atoms with Crippen molar-refractivity contribution in [1.82, 2.24) is 0 Å². The second kappa shape index (κ2) is 5.55. The van der Waals surface area contributed by atoms with E-state index in [1.807, 2.05) is 0 Å². The van der Waals surface area contributed by atoms with Crippen molar-refractivity contribution in [3.8, 4) is 0 Å². The van der Waals surface area contributed by atoms with E-state index in [0.717, 1.165) is 47.3 Å². The Bertz CT molecular complexity index is 249. The number of hydrogen-bond donors (Lipinski definition) is 0. The summed E-state index contributed by atoms with van der Waals surface area (Å²) in [5.74, 6) is 7.74. The van der Waals surface area contributed by atoms with Crippen molar-refractivity contribution in [2.45, 2.75) is 67.2 Å². The van der Waals surface area contributed by atoms with E-state index >= 15 is 0 Å². The van der Waals surface area contributed by atoms with Gasteiger partial charge in [-0.25, -0.2) is 0 Å². The van der Waals surface area contributed by atoms with E-state index < -0.39 is 0 Å². The van der Waals surface area contributed by atoms with Crippen LogP contribution in [0.3, 0.4) is 0 Å². The zero-order valence-electron chi connectivity index (χ0n) is 13.4. The zero-order chi connectivity index (χ0) is 13.4. The van der Waals surface area contributed by atoms with Crippen molar-refractivity contribution >= 4 is 0 Å². The van der Waals surface area contributed by atoms with Crippen LogP contribution < -0.4 is 0 Å². The minimum Gasteiger partial charge on any atom is -0.0654 e. The van der Waals surface area contributed by atoms with Crippen LogP contribution in [0.1, 0.15) is 67.2 Å². The molecule has 2 saturated carbocycles. The molecule has 5 unspecified atom stereocenters. The van der Waals surface area contributed by atoms with Gasteiger partial charge in [0.05, 0.1) is 0 Å². The summed E-state index contributed by atoms with van der Waals surface area (Å²) in [7, 11) is 0. The Labute approximate surface area is 115 Å². The molecule has 2 fully saturated rings. The summed E-state index contributed by atoms with van der Waals surface area (Å²) in [4.78, 5) is 0. The fourth-order valence-electron chi connectivity index (χ4n) is 5.00. The third-order valence-corrected chi connectivity index (χ3v) is 6.88. The SMILES string of the molecule is CCCC(C1CC1)C1C(C)C(C)C(C)C(C)C1C. The summed E-state index contributed by atoms with van der Waals surface area (Å²) in [6.07, 6.45) is 5.92. The summed E-state index contributed by atoms with van der Waals surface area (Å²) in [5.41, 5.74) is 0. The van der Waals surface area contributed by atoms with Gasteiger partial charge in [-0.3, -0.25) is 0 Å². The van der Waals surface area contributed by atoms with Gasteiger partial charge in [-0.15, -0.1) is 0 Å². The van der Waals surface area contributed by atoms with Crippen molar-refractivity contribution in [2.24, 2.45) is 47.3 Å². The molecule has 0 amide bonds. The average Bonchev–Trinajstić information content (AvgIpc) is 3.17. The molecule has 0 aromatic carbocycles. The topological polar surface area (TPSA) is 0 Å². The second-order valence-electron chi connectivity index (χ2n) is 7.66. The van der Waals surface area contributed by atoms with Crippen LogP contribution in [0.4, 0.5) is 0 Å². The van der Waals surface area contributed by atoms with Crippen LogP contribution >= 0.6 is 0 Å². The Morgan fingerprint density at radius 1 is 0.778 bits per heavy atom. The van der Waals surface area contributed by atoms with Crippen molar-refractivity contribution < 1.29 is 0 Å². The van der Waals surface area contributed by atoms with Gasteiger partial charge in [-0.1, -0.05) is 54.4 Å². The normalized spacial score (nSPS) is 47.0. The summed E-state index contributed by atoms with van der Waals surface area (Å²) >= 11 is 0. The molecule has 0 N–H and O–H groups in total. The van der Waals surface area contributed by atoms with E-state index in [1.54, 1.807) is 0 Å². The summed E-state index contributed by atoms with van der Waals surface area (Å²) < 4.78 is 0.